The van der Waals surface area contributed by atoms with Crippen molar-refractivity contribution in [3.63, 3.8) is 0 Å². The number of hydrogen-bond acceptors (Lipinski definition) is 3. The van der Waals surface area contributed by atoms with Crippen molar-refractivity contribution in [1.82, 2.24) is 0 Å². The van der Waals surface area contributed by atoms with Gasteiger partial charge in [0.25, 0.3) is 0 Å². The van der Waals surface area contributed by atoms with E-state index in [1.165, 1.54) is 32.1 Å². The zero-order chi connectivity index (χ0) is 22.3. The standard InChI is InChI=1S/C26H46O4/c1-6-7-8-19-10-12-20(13-11-19)23(15-16-26(3,4)5)30-25(29)21-14-9-18(2)17-22(21)24(27)28/h18-23H,6-17H2,1-5H3,(H,27,28). The van der Waals surface area contributed by atoms with Crippen LogP contribution in [0.2, 0.25) is 0 Å². The van der Waals surface area contributed by atoms with Gasteiger partial charge < -0.3 is 9.84 Å². The first-order valence-corrected chi connectivity index (χ1v) is 12.5. The second-order valence-electron chi connectivity index (χ2n) is 11.5. The monoisotopic (exact) mass is 422 g/mol. The van der Waals surface area contributed by atoms with Gasteiger partial charge in [-0.2, -0.15) is 0 Å². The number of hydrogen-bond donors (Lipinski definition) is 1. The zero-order valence-corrected chi connectivity index (χ0v) is 20.1. The SMILES string of the molecule is CCCCC1CCC(C(CCC(C)(C)C)OC(=O)C2CCC(C)CC2C(=O)O)CC1. The fourth-order valence-corrected chi connectivity index (χ4v) is 5.48. The van der Waals surface area contributed by atoms with E-state index in [4.69, 9.17) is 4.74 Å². The van der Waals surface area contributed by atoms with Crippen LogP contribution in [-0.4, -0.2) is 23.1 Å². The maximum atomic E-state index is 13.1. The van der Waals surface area contributed by atoms with Crippen molar-refractivity contribution in [2.75, 3.05) is 0 Å². The Hall–Kier alpha value is -1.06. The molecular formula is C26H46O4. The number of aliphatic carboxylic acids is 1. The van der Waals surface area contributed by atoms with E-state index in [9.17, 15) is 14.7 Å². The summed E-state index contributed by atoms with van der Waals surface area (Å²) in [5.74, 6) is -0.528. The molecule has 4 atom stereocenters. The van der Waals surface area contributed by atoms with Crippen molar-refractivity contribution in [2.24, 2.45) is 35.0 Å². The summed E-state index contributed by atoms with van der Waals surface area (Å²) >= 11 is 0. The molecule has 0 spiro atoms. The van der Waals surface area contributed by atoms with Gasteiger partial charge in [0.2, 0.25) is 0 Å². The van der Waals surface area contributed by atoms with Gasteiger partial charge in [-0.1, -0.05) is 66.7 Å². The largest absolute Gasteiger partial charge is 0.481 e. The van der Waals surface area contributed by atoms with E-state index in [-0.39, 0.29) is 17.5 Å². The lowest BCUT2D eigenvalue weighted by Crippen LogP contribution is -2.39. The Kier molecular flexibility index (Phi) is 9.68. The summed E-state index contributed by atoms with van der Waals surface area (Å²) in [6.45, 7) is 11.0. The highest BCUT2D eigenvalue weighted by molar-refractivity contribution is 5.81. The van der Waals surface area contributed by atoms with Crippen molar-refractivity contribution in [3.05, 3.63) is 0 Å². The summed E-state index contributed by atoms with van der Waals surface area (Å²) in [7, 11) is 0. The lowest BCUT2D eigenvalue weighted by atomic mass is 9.74. The summed E-state index contributed by atoms with van der Waals surface area (Å²) in [5.41, 5.74) is 0.201. The molecule has 2 fully saturated rings. The van der Waals surface area contributed by atoms with Crippen molar-refractivity contribution >= 4 is 11.9 Å². The molecule has 0 heterocycles. The molecule has 4 heteroatoms. The molecule has 4 unspecified atom stereocenters. The minimum atomic E-state index is -0.842. The molecular weight excluding hydrogens is 376 g/mol. The van der Waals surface area contributed by atoms with Gasteiger partial charge in [0.1, 0.15) is 6.10 Å². The Morgan fingerprint density at radius 3 is 2.27 bits per heavy atom. The van der Waals surface area contributed by atoms with Gasteiger partial charge in [0.15, 0.2) is 0 Å². The van der Waals surface area contributed by atoms with Gasteiger partial charge in [0.05, 0.1) is 11.8 Å². The zero-order valence-electron chi connectivity index (χ0n) is 20.1. The fourth-order valence-electron chi connectivity index (χ4n) is 5.48. The molecule has 0 aromatic heterocycles. The number of rotatable bonds is 9. The van der Waals surface area contributed by atoms with Crippen LogP contribution in [0.5, 0.6) is 0 Å². The molecule has 1 N–H and O–H groups in total. The number of ether oxygens (including phenoxy) is 1. The second-order valence-corrected chi connectivity index (χ2v) is 11.5. The average molecular weight is 423 g/mol. The van der Waals surface area contributed by atoms with Crippen LogP contribution in [-0.2, 0) is 14.3 Å². The second kappa shape index (κ2) is 11.5. The normalized spacial score (nSPS) is 31.2. The molecule has 2 aliphatic rings. The predicted molar refractivity (Wildman–Crippen MR) is 121 cm³/mol. The lowest BCUT2D eigenvalue weighted by molar-refractivity contribution is -0.168. The molecule has 2 rings (SSSR count). The van der Waals surface area contributed by atoms with Crippen LogP contribution in [0.1, 0.15) is 112 Å². The van der Waals surface area contributed by atoms with Gasteiger partial charge in [-0.3, -0.25) is 9.59 Å². The number of carbonyl (C=O) groups is 2. The third-order valence-corrected chi connectivity index (χ3v) is 7.56. The molecule has 4 nitrogen and oxygen atoms in total. The Morgan fingerprint density at radius 1 is 1.03 bits per heavy atom. The molecule has 0 bridgehead atoms. The average Bonchev–Trinajstić information content (AvgIpc) is 2.69. The first-order chi connectivity index (χ1) is 14.1. The van der Waals surface area contributed by atoms with Crippen LogP contribution < -0.4 is 0 Å². The Bertz CT molecular complexity index is 542. The van der Waals surface area contributed by atoms with Crippen LogP contribution in [0.4, 0.5) is 0 Å². The highest BCUT2D eigenvalue weighted by Crippen LogP contribution is 2.39. The minimum absolute atomic E-state index is 0.0577. The van der Waals surface area contributed by atoms with Gasteiger partial charge in [-0.05, 0) is 68.1 Å². The Balaban J connectivity index is 2.02. The first-order valence-electron chi connectivity index (χ1n) is 12.5. The van der Waals surface area contributed by atoms with E-state index in [0.29, 0.717) is 24.7 Å². The lowest BCUT2D eigenvalue weighted by Gasteiger charge is -2.37. The molecule has 0 aromatic carbocycles. The predicted octanol–water partition coefficient (Wildman–Crippen LogP) is 6.86. The van der Waals surface area contributed by atoms with Gasteiger partial charge in [0, 0.05) is 0 Å². The molecule has 0 radical (unpaired) electrons. The van der Waals surface area contributed by atoms with Crippen LogP contribution in [0.25, 0.3) is 0 Å². The summed E-state index contributed by atoms with van der Waals surface area (Å²) in [5, 5.41) is 9.66. The maximum absolute atomic E-state index is 13.1. The number of esters is 1. The summed E-state index contributed by atoms with van der Waals surface area (Å²) in [6.07, 6.45) is 12.7. The van der Waals surface area contributed by atoms with Crippen molar-refractivity contribution < 1.29 is 19.4 Å². The van der Waals surface area contributed by atoms with Crippen LogP contribution >= 0.6 is 0 Å². The molecule has 0 amide bonds. The molecule has 0 saturated heterocycles. The van der Waals surface area contributed by atoms with Crippen molar-refractivity contribution in [2.45, 2.75) is 118 Å². The molecule has 2 saturated carbocycles. The van der Waals surface area contributed by atoms with Gasteiger partial charge in [-0.25, -0.2) is 0 Å². The van der Waals surface area contributed by atoms with Gasteiger partial charge >= 0.3 is 11.9 Å². The fraction of sp³-hybridized carbons (Fsp3) is 0.923. The number of unbranched alkanes of at least 4 members (excludes halogenated alkanes) is 1. The van der Waals surface area contributed by atoms with E-state index in [0.717, 1.165) is 38.0 Å². The number of carboxylic acid groups (broad SMARTS) is 1. The summed E-state index contributed by atoms with van der Waals surface area (Å²) in [6, 6.07) is 0. The van der Waals surface area contributed by atoms with E-state index in [1.54, 1.807) is 0 Å². The smallest absolute Gasteiger partial charge is 0.310 e. The highest BCUT2D eigenvalue weighted by Gasteiger charge is 2.41. The van der Waals surface area contributed by atoms with E-state index in [1.807, 2.05) is 0 Å². The van der Waals surface area contributed by atoms with Crippen molar-refractivity contribution in [3.8, 4) is 0 Å². The summed E-state index contributed by atoms with van der Waals surface area (Å²) in [4.78, 5) is 24.9. The number of carboxylic acids is 1. The van der Waals surface area contributed by atoms with Crippen molar-refractivity contribution in [1.29, 1.82) is 0 Å². The Labute approximate surface area is 184 Å². The number of carbonyl (C=O) groups excluding carboxylic acids is 1. The molecule has 2 aliphatic carbocycles. The first kappa shape index (κ1) is 25.2. The highest BCUT2D eigenvalue weighted by atomic mass is 16.5. The minimum Gasteiger partial charge on any atom is -0.481 e. The quantitative estimate of drug-likeness (QED) is 0.412. The molecule has 174 valence electrons. The maximum Gasteiger partial charge on any atom is 0.310 e. The molecule has 0 aromatic rings. The van der Waals surface area contributed by atoms with Crippen LogP contribution in [0.15, 0.2) is 0 Å². The third kappa shape index (κ3) is 7.89. The third-order valence-electron chi connectivity index (χ3n) is 7.56. The van der Waals surface area contributed by atoms with E-state index < -0.39 is 17.8 Å². The molecule has 30 heavy (non-hydrogen) atoms. The van der Waals surface area contributed by atoms with E-state index >= 15 is 0 Å². The topological polar surface area (TPSA) is 63.6 Å². The van der Waals surface area contributed by atoms with Crippen LogP contribution in [0, 0.1) is 35.0 Å². The van der Waals surface area contributed by atoms with Crippen LogP contribution in [0.3, 0.4) is 0 Å². The van der Waals surface area contributed by atoms with E-state index in [2.05, 4.69) is 34.6 Å². The van der Waals surface area contributed by atoms with Gasteiger partial charge in [-0.15, -0.1) is 0 Å². The molecule has 0 aliphatic heterocycles. The Morgan fingerprint density at radius 2 is 1.70 bits per heavy atom. The summed E-state index contributed by atoms with van der Waals surface area (Å²) < 4.78 is 6.15.